The largest absolute Gasteiger partial charge is 0.348 e. The van der Waals surface area contributed by atoms with Gasteiger partial charge in [-0.25, -0.2) is 8.42 Å². The van der Waals surface area contributed by atoms with Crippen molar-refractivity contribution in [2.24, 2.45) is 0 Å². The van der Waals surface area contributed by atoms with Crippen molar-refractivity contribution in [2.75, 3.05) is 11.5 Å². The zero-order valence-electron chi connectivity index (χ0n) is 10.0. The first-order valence-electron chi connectivity index (χ1n) is 5.83. The number of benzene rings is 1. The summed E-state index contributed by atoms with van der Waals surface area (Å²) in [5.74, 6) is -0.0759. The molecule has 1 fully saturated rings. The summed E-state index contributed by atoms with van der Waals surface area (Å²) in [6, 6.07) is 4.57. The van der Waals surface area contributed by atoms with Crippen molar-refractivity contribution in [3.63, 3.8) is 0 Å². The Bertz CT molecular complexity index is 583. The zero-order valence-corrected chi connectivity index (χ0v) is 13.2. The average molecular weight is 367 g/mol. The second kappa shape index (κ2) is 5.81. The van der Waals surface area contributed by atoms with Crippen LogP contribution in [0, 0.1) is 0 Å². The predicted octanol–water partition coefficient (Wildman–Crippen LogP) is 2.41. The molecule has 104 valence electrons. The molecule has 1 N–H and O–H groups in total. The molecule has 0 spiro atoms. The van der Waals surface area contributed by atoms with Gasteiger partial charge in [-0.05, 0) is 31.0 Å². The first kappa shape index (κ1) is 14.8. The van der Waals surface area contributed by atoms with Crippen molar-refractivity contribution < 1.29 is 13.2 Å². The van der Waals surface area contributed by atoms with E-state index in [0.29, 0.717) is 27.9 Å². The lowest BCUT2D eigenvalue weighted by atomic mass is 10.1. The first-order valence-corrected chi connectivity index (χ1v) is 8.82. The number of hydrogen-bond donors (Lipinski definition) is 1. The number of carbonyl (C=O) groups is 1. The van der Waals surface area contributed by atoms with Crippen LogP contribution in [-0.4, -0.2) is 31.9 Å². The highest BCUT2D eigenvalue weighted by atomic mass is 79.9. The van der Waals surface area contributed by atoms with Gasteiger partial charge >= 0.3 is 0 Å². The molecular weight excluding hydrogens is 354 g/mol. The number of carbonyl (C=O) groups excluding carboxylic acids is 1. The standard InChI is InChI=1S/C12H13BrClNO3S/c13-9-4-8(5-10(14)6-9)12(16)15-11-2-1-3-19(17,18)7-11/h4-6,11H,1-3,7H2,(H,15,16). The number of rotatable bonds is 2. The van der Waals surface area contributed by atoms with E-state index in [1.165, 1.54) is 0 Å². The lowest BCUT2D eigenvalue weighted by molar-refractivity contribution is 0.0938. The molecule has 1 amide bonds. The van der Waals surface area contributed by atoms with Gasteiger partial charge < -0.3 is 5.32 Å². The van der Waals surface area contributed by atoms with Gasteiger partial charge in [-0.15, -0.1) is 0 Å². The second-order valence-electron chi connectivity index (χ2n) is 4.59. The molecule has 1 aromatic rings. The van der Waals surface area contributed by atoms with Crippen LogP contribution in [0.3, 0.4) is 0 Å². The molecule has 2 rings (SSSR count). The smallest absolute Gasteiger partial charge is 0.251 e. The van der Waals surface area contributed by atoms with Crippen molar-refractivity contribution in [1.82, 2.24) is 5.32 Å². The Hall–Kier alpha value is -0.590. The third-order valence-corrected chi connectivity index (χ3v) is 5.42. The zero-order chi connectivity index (χ0) is 14.0. The highest BCUT2D eigenvalue weighted by Gasteiger charge is 2.26. The Morgan fingerprint density at radius 3 is 2.74 bits per heavy atom. The predicted molar refractivity (Wildman–Crippen MR) is 78.3 cm³/mol. The Morgan fingerprint density at radius 1 is 1.37 bits per heavy atom. The minimum Gasteiger partial charge on any atom is -0.348 e. The summed E-state index contributed by atoms with van der Waals surface area (Å²) in [7, 11) is -3.03. The number of halogens is 2. The summed E-state index contributed by atoms with van der Waals surface area (Å²) in [6.07, 6.45) is 1.28. The lowest BCUT2D eigenvalue weighted by Gasteiger charge is -2.23. The minimum absolute atomic E-state index is 0.0144. The molecule has 1 unspecified atom stereocenters. The van der Waals surface area contributed by atoms with Gasteiger partial charge in [0.1, 0.15) is 0 Å². The van der Waals surface area contributed by atoms with Crippen molar-refractivity contribution in [2.45, 2.75) is 18.9 Å². The third kappa shape index (κ3) is 4.19. The maximum Gasteiger partial charge on any atom is 0.251 e. The van der Waals surface area contributed by atoms with Gasteiger partial charge in [0.05, 0.1) is 11.5 Å². The van der Waals surface area contributed by atoms with Gasteiger partial charge in [0, 0.05) is 21.1 Å². The van der Waals surface area contributed by atoms with Crippen LogP contribution in [0.15, 0.2) is 22.7 Å². The quantitative estimate of drug-likeness (QED) is 0.874. The molecule has 1 aromatic carbocycles. The fraction of sp³-hybridized carbons (Fsp3) is 0.417. The summed E-state index contributed by atoms with van der Waals surface area (Å²) in [5.41, 5.74) is 0.419. The molecule has 1 saturated heterocycles. The second-order valence-corrected chi connectivity index (χ2v) is 8.17. The summed E-state index contributed by atoms with van der Waals surface area (Å²) in [5, 5.41) is 3.20. The molecule has 4 nitrogen and oxygen atoms in total. The Kier molecular flexibility index (Phi) is 4.53. The highest BCUT2D eigenvalue weighted by molar-refractivity contribution is 9.10. The van der Waals surface area contributed by atoms with E-state index in [4.69, 9.17) is 11.6 Å². The summed E-state index contributed by atoms with van der Waals surface area (Å²) in [6.45, 7) is 0. The third-order valence-electron chi connectivity index (χ3n) is 2.92. The first-order chi connectivity index (χ1) is 8.85. The normalized spacial score (nSPS) is 21.9. The van der Waals surface area contributed by atoms with Crippen LogP contribution in [0.25, 0.3) is 0 Å². The van der Waals surface area contributed by atoms with Crippen LogP contribution >= 0.6 is 27.5 Å². The lowest BCUT2D eigenvalue weighted by Crippen LogP contribution is -2.43. The molecule has 19 heavy (non-hydrogen) atoms. The summed E-state index contributed by atoms with van der Waals surface area (Å²) in [4.78, 5) is 12.0. The van der Waals surface area contributed by atoms with Crippen molar-refractivity contribution in [3.8, 4) is 0 Å². The number of hydrogen-bond acceptors (Lipinski definition) is 3. The van der Waals surface area contributed by atoms with Gasteiger partial charge in [-0.2, -0.15) is 0 Å². The van der Waals surface area contributed by atoms with Gasteiger partial charge in [-0.3, -0.25) is 4.79 Å². The van der Waals surface area contributed by atoms with Crippen LogP contribution < -0.4 is 5.32 Å². The van der Waals surface area contributed by atoms with Crippen LogP contribution in [0.1, 0.15) is 23.2 Å². The number of nitrogens with one attached hydrogen (secondary N) is 1. The maximum absolute atomic E-state index is 12.0. The van der Waals surface area contributed by atoms with E-state index in [1.54, 1.807) is 18.2 Å². The van der Waals surface area contributed by atoms with E-state index < -0.39 is 9.84 Å². The molecule has 0 aromatic heterocycles. The van der Waals surface area contributed by atoms with E-state index in [-0.39, 0.29) is 23.5 Å². The number of amides is 1. The van der Waals surface area contributed by atoms with E-state index in [1.807, 2.05) is 0 Å². The molecule has 0 radical (unpaired) electrons. The fourth-order valence-corrected chi connectivity index (χ4v) is 4.59. The van der Waals surface area contributed by atoms with Crippen molar-refractivity contribution in [3.05, 3.63) is 33.3 Å². The Labute approximate surface area is 125 Å². The average Bonchev–Trinajstić information content (AvgIpc) is 2.26. The molecular formula is C12H13BrClNO3S. The van der Waals surface area contributed by atoms with E-state index >= 15 is 0 Å². The molecule has 1 heterocycles. The Balaban J connectivity index is 2.08. The van der Waals surface area contributed by atoms with Crippen LogP contribution in [0.2, 0.25) is 5.02 Å². The van der Waals surface area contributed by atoms with Crippen LogP contribution in [0.5, 0.6) is 0 Å². The molecule has 0 saturated carbocycles. The fourth-order valence-electron chi connectivity index (χ4n) is 2.09. The molecule has 1 aliphatic heterocycles. The topological polar surface area (TPSA) is 63.2 Å². The Morgan fingerprint density at radius 2 is 2.11 bits per heavy atom. The van der Waals surface area contributed by atoms with Crippen molar-refractivity contribution in [1.29, 1.82) is 0 Å². The molecule has 0 bridgehead atoms. The molecule has 1 aliphatic rings. The van der Waals surface area contributed by atoms with Crippen molar-refractivity contribution >= 4 is 43.3 Å². The SMILES string of the molecule is O=C(NC1CCCS(=O)(=O)C1)c1cc(Cl)cc(Br)c1. The molecule has 1 atom stereocenters. The van der Waals surface area contributed by atoms with E-state index in [0.717, 1.165) is 0 Å². The monoisotopic (exact) mass is 365 g/mol. The van der Waals surface area contributed by atoms with Crippen LogP contribution in [-0.2, 0) is 9.84 Å². The summed E-state index contributed by atoms with van der Waals surface area (Å²) < 4.78 is 23.7. The number of sulfone groups is 1. The van der Waals surface area contributed by atoms with E-state index in [2.05, 4.69) is 21.2 Å². The molecule has 0 aliphatic carbocycles. The van der Waals surface area contributed by atoms with Gasteiger partial charge in [-0.1, -0.05) is 27.5 Å². The van der Waals surface area contributed by atoms with E-state index in [9.17, 15) is 13.2 Å². The van der Waals surface area contributed by atoms with Gasteiger partial charge in [0.25, 0.3) is 5.91 Å². The van der Waals surface area contributed by atoms with Gasteiger partial charge in [0.2, 0.25) is 0 Å². The summed E-state index contributed by atoms with van der Waals surface area (Å²) >= 11 is 9.14. The molecule has 7 heteroatoms. The maximum atomic E-state index is 12.0. The van der Waals surface area contributed by atoms with Crippen LogP contribution in [0.4, 0.5) is 0 Å². The highest BCUT2D eigenvalue weighted by Crippen LogP contribution is 2.20. The van der Waals surface area contributed by atoms with Gasteiger partial charge in [0.15, 0.2) is 9.84 Å². The minimum atomic E-state index is -3.03.